The third kappa shape index (κ3) is 22.2. The van der Waals surface area contributed by atoms with E-state index in [2.05, 4.69) is 28.3 Å². The van der Waals surface area contributed by atoms with Crippen LogP contribution in [0.1, 0.15) is 84.1 Å². The molecule has 4 saturated heterocycles. The predicted octanol–water partition coefficient (Wildman–Crippen LogP) is 6.70. The Morgan fingerprint density at radius 1 is 0.622 bits per heavy atom. The Balaban J connectivity index is 0.000000280. The number of phenols is 2. The van der Waals surface area contributed by atoms with Crippen LogP contribution in [-0.2, 0) is 54.6 Å². The van der Waals surface area contributed by atoms with Gasteiger partial charge < -0.3 is 55.9 Å². The minimum absolute atomic E-state index is 0. The molecule has 23 heteroatoms. The maximum Gasteiger partial charge on any atom is 0.410 e. The summed E-state index contributed by atoms with van der Waals surface area (Å²) in [4.78, 5) is 84.2. The monoisotopic (exact) mass is 1250 g/mol. The van der Waals surface area contributed by atoms with Gasteiger partial charge in [-0.15, -0.1) is 13.2 Å². The fourth-order valence-electron chi connectivity index (χ4n) is 11.2. The fourth-order valence-corrected chi connectivity index (χ4v) is 11.2. The normalized spacial score (nSPS) is 20.2. The molecule has 4 fully saturated rings. The van der Waals surface area contributed by atoms with E-state index in [1.165, 1.54) is 34.1 Å². The molecule has 8 rings (SSSR count). The van der Waals surface area contributed by atoms with Crippen molar-refractivity contribution in [3.8, 4) is 11.5 Å². The van der Waals surface area contributed by atoms with Crippen molar-refractivity contribution >= 4 is 35.9 Å². The fraction of sp³-hybridized carbons (Fsp3) is 0.493. The molecular weight excluding hydrogens is 1160 g/mol. The van der Waals surface area contributed by atoms with Crippen molar-refractivity contribution in [2.24, 2.45) is 17.6 Å². The van der Waals surface area contributed by atoms with Gasteiger partial charge in [-0.3, -0.25) is 38.8 Å². The highest BCUT2D eigenvalue weighted by Crippen LogP contribution is 2.28. The molecule has 0 spiro atoms. The highest BCUT2D eigenvalue weighted by atomic mass is 19.1. The number of hydrogen-bond acceptors (Lipinski definition) is 15. The Bertz CT molecular complexity index is 3020. The molecule has 4 aliphatic heterocycles. The Morgan fingerprint density at radius 3 is 1.43 bits per heavy atom. The number of carboxylic acid groups (broad SMARTS) is 1. The van der Waals surface area contributed by atoms with Gasteiger partial charge in [0.1, 0.15) is 34.3 Å². The largest absolute Gasteiger partial charge is 0.508 e. The highest BCUT2D eigenvalue weighted by Gasteiger charge is 2.44. The third-order valence-corrected chi connectivity index (χ3v) is 15.4. The van der Waals surface area contributed by atoms with E-state index in [1.54, 1.807) is 63.5 Å². The zero-order valence-electron chi connectivity index (χ0n) is 51.8. The first-order valence-corrected chi connectivity index (χ1v) is 29.9. The number of carboxylic acids is 1. The molecule has 4 heterocycles. The predicted molar refractivity (Wildman–Crippen MR) is 336 cm³/mol. The summed E-state index contributed by atoms with van der Waals surface area (Å²) in [7, 11) is 0. The second-order valence-electron chi connectivity index (χ2n) is 25.0. The number of nitrogens with two attached hydrogens (primary N) is 1. The van der Waals surface area contributed by atoms with Crippen LogP contribution in [0.15, 0.2) is 122 Å². The van der Waals surface area contributed by atoms with Gasteiger partial charge in [-0.25, -0.2) is 18.4 Å². The van der Waals surface area contributed by atoms with Crippen LogP contribution in [0.2, 0.25) is 0 Å². The highest BCUT2D eigenvalue weighted by molar-refractivity contribution is 5.89. The molecule has 0 aliphatic carbocycles. The van der Waals surface area contributed by atoms with E-state index < -0.39 is 95.1 Å². The number of benzene rings is 4. The summed E-state index contributed by atoms with van der Waals surface area (Å²) >= 11 is 0. The van der Waals surface area contributed by atoms with Crippen LogP contribution >= 0.6 is 0 Å². The summed E-state index contributed by atoms with van der Waals surface area (Å²) in [5.74, 6) is -4.50. The number of carbonyl (C=O) groups excluding carboxylic acids is 5. The van der Waals surface area contributed by atoms with E-state index in [1.807, 2.05) is 60.7 Å². The molecule has 492 valence electrons. The van der Waals surface area contributed by atoms with Crippen LogP contribution in [0.5, 0.6) is 11.5 Å². The Labute approximate surface area is 527 Å². The molecule has 90 heavy (non-hydrogen) atoms. The first-order valence-electron chi connectivity index (χ1n) is 29.9. The SMILES string of the molecule is C.C=CCN1CC(C(=O)N[C@@H](Cc2cc(O)cc(F)c2)[C@H](O)[C@H]2CN(Cc3ccccc3)CCN2C(=O)OC(C)(C)C)CC1=O.C=CCN1C[C@@H](C(=O)O)CC1=O.CC(C)(C)OC(=O)N1CCN(Cc2ccccc2)C[C@@H]1[C@@H](O)[C@@H](N)Cc1cc(O)cc(F)c1. The number of halogens is 2. The molecule has 4 aliphatic rings. The second kappa shape index (κ2) is 33.2. The number of hydrogen-bond donors (Lipinski definition) is 7. The van der Waals surface area contributed by atoms with Crippen molar-refractivity contribution in [2.75, 3.05) is 65.4 Å². The van der Waals surface area contributed by atoms with Crippen LogP contribution in [0, 0.1) is 23.5 Å². The summed E-state index contributed by atoms with van der Waals surface area (Å²) in [6.07, 6.45) is -0.0318. The van der Waals surface area contributed by atoms with E-state index in [-0.39, 0.29) is 76.1 Å². The van der Waals surface area contributed by atoms with Crippen LogP contribution < -0.4 is 11.1 Å². The van der Waals surface area contributed by atoms with E-state index in [0.29, 0.717) is 70.0 Å². The minimum Gasteiger partial charge on any atom is -0.508 e. The molecule has 5 amide bonds. The van der Waals surface area contributed by atoms with E-state index in [9.17, 15) is 58.0 Å². The quantitative estimate of drug-likeness (QED) is 0.0481. The lowest BCUT2D eigenvalue weighted by Gasteiger charge is -2.45. The van der Waals surface area contributed by atoms with Gasteiger partial charge in [0.25, 0.3) is 0 Å². The Morgan fingerprint density at radius 2 is 1.03 bits per heavy atom. The lowest BCUT2D eigenvalue weighted by molar-refractivity contribution is -0.141. The molecule has 0 aromatic heterocycles. The van der Waals surface area contributed by atoms with Crippen molar-refractivity contribution < 1.29 is 72.6 Å². The molecule has 8 atom stereocenters. The zero-order valence-corrected chi connectivity index (χ0v) is 51.8. The number of nitrogens with one attached hydrogen (secondary N) is 1. The number of aliphatic hydroxyl groups excluding tert-OH is 2. The number of phenolic OH excluding ortho intramolecular Hbond substituents is 2. The molecule has 4 aromatic rings. The van der Waals surface area contributed by atoms with Crippen LogP contribution in [0.25, 0.3) is 0 Å². The number of rotatable bonds is 19. The molecule has 4 aromatic carbocycles. The topological polar surface area (TPSA) is 280 Å². The molecule has 8 N–H and O–H groups in total. The summed E-state index contributed by atoms with van der Waals surface area (Å²) in [6, 6.07) is 23.9. The lowest BCUT2D eigenvalue weighted by atomic mass is 9.93. The lowest BCUT2D eigenvalue weighted by Crippen LogP contribution is -2.64. The van der Waals surface area contributed by atoms with E-state index >= 15 is 0 Å². The summed E-state index contributed by atoms with van der Waals surface area (Å²) in [5, 5.41) is 54.4. The average Bonchev–Trinajstić information content (AvgIpc) is 1.19. The van der Waals surface area contributed by atoms with Gasteiger partial charge in [0.05, 0.1) is 42.2 Å². The number of nitrogens with zero attached hydrogens (tertiary/aromatic N) is 6. The molecule has 0 bridgehead atoms. The molecular formula is C67H92F2N8O13. The zero-order chi connectivity index (χ0) is 65.3. The number of aliphatic carboxylic acids is 1. The van der Waals surface area contributed by atoms with Crippen molar-refractivity contribution in [3.05, 3.63) is 156 Å². The van der Waals surface area contributed by atoms with Crippen LogP contribution in [0.3, 0.4) is 0 Å². The van der Waals surface area contributed by atoms with E-state index in [0.717, 1.165) is 23.3 Å². The van der Waals surface area contributed by atoms with Gasteiger partial charge in [-0.1, -0.05) is 80.2 Å². The Kier molecular flexibility index (Phi) is 26.9. The summed E-state index contributed by atoms with van der Waals surface area (Å²) in [6.45, 7) is 22.9. The number of piperazine rings is 2. The van der Waals surface area contributed by atoms with Crippen LogP contribution in [-0.4, -0.2) is 204 Å². The average molecular weight is 1260 g/mol. The first-order chi connectivity index (χ1) is 42.0. The second-order valence-corrected chi connectivity index (χ2v) is 25.0. The molecule has 21 nitrogen and oxygen atoms in total. The smallest absolute Gasteiger partial charge is 0.410 e. The summed E-state index contributed by atoms with van der Waals surface area (Å²) < 4.78 is 39.2. The van der Waals surface area contributed by atoms with Gasteiger partial charge in [-0.2, -0.15) is 0 Å². The van der Waals surface area contributed by atoms with Gasteiger partial charge in [0.15, 0.2) is 0 Å². The first kappa shape index (κ1) is 72.8. The van der Waals surface area contributed by atoms with Gasteiger partial charge >= 0.3 is 18.2 Å². The molecule has 1 unspecified atom stereocenters. The third-order valence-electron chi connectivity index (χ3n) is 15.4. The number of amides is 5. The van der Waals surface area contributed by atoms with Crippen molar-refractivity contribution in [2.45, 2.75) is 135 Å². The van der Waals surface area contributed by atoms with Crippen LogP contribution in [0.4, 0.5) is 18.4 Å². The number of aromatic hydroxyl groups is 2. The molecule has 0 saturated carbocycles. The standard InChI is InChI=1S/C33H43FN4O6.C25H34FN3O4.C8H11NO3.CH4/c1-5-11-37-20-24(17-29(37)40)31(42)35-27(16-23-14-25(34)18-26(39)15-23)30(41)28-21-36(19-22-9-7-6-8-10-22)12-13-38(28)32(43)44-33(2,3)4;1-25(2,3)33-24(32)29-10-9-28(15-17-7-5-4-6-8-17)16-22(29)23(31)21(27)13-18-11-19(26)14-20(30)12-18;1-2-3-9-5-6(8(11)12)4-7(9)10;/h5-10,14-15,18,24,27-28,30,39,41H,1,11-13,16-17,19-21H2,2-4H3,(H,35,42);4-8,11-12,14,21-23,30-31H,9-10,13,15-16,27H2,1-3H3;2,6H,1,3-5H2,(H,11,12);1H4/t24?,27-,28+,30-;21-,22+,23-;6-;/m000./s1. The van der Waals surface area contributed by atoms with Crippen molar-refractivity contribution in [1.29, 1.82) is 0 Å². The van der Waals surface area contributed by atoms with Crippen molar-refractivity contribution in [1.82, 2.24) is 34.7 Å². The van der Waals surface area contributed by atoms with Gasteiger partial charge in [0, 0.05) is 110 Å². The summed E-state index contributed by atoms with van der Waals surface area (Å²) in [5.41, 5.74) is 7.90. The number of likely N-dealkylation sites (tertiary alicyclic amines) is 2. The molecule has 0 radical (unpaired) electrons. The minimum atomic E-state index is -1.31. The van der Waals surface area contributed by atoms with Gasteiger partial charge in [-0.05, 0) is 101 Å². The number of carbonyl (C=O) groups is 6. The maximum atomic E-state index is 14.2. The van der Waals surface area contributed by atoms with Crippen molar-refractivity contribution in [3.63, 3.8) is 0 Å². The van der Waals surface area contributed by atoms with Gasteiger partial charge in [0.2, 0.25) is 17.7 Å². The Hall–Kier alpha value is -7.96. The maximum absolute atomic E-state index is 14.2. The number of ether oxygens (including phenoxy) is 2. The van der Waals surface area contributed by atoms with E-state index in [4.69, 9.17) is 20.3 Å². The number of aliphatic hydroxyl groups is 2.